The Bertz CT molecular complexity index is 579. The molecule has 1 aromatic carbocycles. The molecule has 6 heteroatoms. The molecule has 0 bridgehead atoms. The summed E-state index contributed by atoms with van der Waals surface area (Å²) in [4.78, 5) is 28.6. The highest BCUT2D eigenvalue weighted by atomic mass is 35.5. The third-order valence-electron chi connectivity index (χ3n) is 5.03. The van der Waals surface area contributed by atoms with Gasteiger partial charge in [-0.25, -0.2) is 0 Å². The number of benzene rings is 1. The van der Waals surface area contributed by atoms with Gasteiger partial charge in [0.15, 0.2) is 0 Å². The van der Waals surface area contributed by atoms with Gasteiger partial charge in [-0.1, -0.05) is 23.7 Å². The first-order valence-electron chi connectivity index (χ1n) is 9.55. The summed E-state index contributed by atoms with van der Waals surface area (Å²) >= 11 is 5.87. The van der Waals surface area contributed by atoms with Crippen molar-refractivity contribution in [1.82, 2.24) is 15.1 Å². The first kappa shape index (κ1) is 20.7. The third-order valence-corrected chi connectivity index (χ3v) is 5.28. The molecule has 0 aliphatic carbocycles. The average molecular weight is 380 g/mol. The van der Waals surface area contributed by atoms with Crippen LogP contribution in [0.15, 0.2) is 24.3 Å². The highest BCUT2D eigenvalue weighted by molar-refractivity contribution is 6.30. The molecule has 0 radical (unpaired) electrons. The molecule has 1 saturated heterocycles. The second-order valence-electron chi connectivity index (χ2n) is 6.79. The second-order valence-corrected chi connectivity index (χ2v) is 7.22. The Morgan fingerprint density at radius 1 is 1.15 bits per heavy atom. The van der Waals surface area contributed by atoms with Gasteiger partial charge in [-0.2, -0.15) is 0 Å². The maximum Gasteiger partial charge on any atom is 0.234 e. The van der Waals surface area contributed by atoms with Gasteiger partial charge in [0.2, 0.25) is 11.8 Å². The van der Waals surface area contributed by atoms with Crippen molar-refractivity contribution in [2.45, 2.75) is 33.1 Å². The van der Waals surface area contributed by atoms with E-state index in [-0.39, 0.29) is 17.7 Å². The molecule has 2 rings (SSSR count). The van der Waals surface area contributed by atoms with E-state index < -0.39 is 0 Å². The fourth-order valence-corrected chi connectivity index (χ4v) is 3.51. The minimum atomic E-state index is 0.0486. The summed E-state index contributed by atoms with van der Waals surface area (Å²) < 4.78 is 0. The molecule has 0 unspecified atom stereocenters. The highest BCUT2D eigenvalue weighted by Gasteiger charge is 2.28. The van der Waals surface area contributed by atoms with Crippen LogP contribution in [0.1, 0.15) is 32.3 Å². The summed E-state index contributed by atoms with van der Waals surface area (Å²) in [5, 5.41) is 3.70. The number of halogens is 1. The Balaban J connectivity index is 1.66. The van der Waals surface area contributed by atoms with Gasteiger partial charge in [-0.3, -0.25) is 14.5 Å². The summed E-state index contributed by atoms with van der Waals surface area (Å²) in [5.41, 5.74) is 1.16. The fraction of sp³-hybridized carbons (Fsp3) is 0.600. The number of nitrogens with zero attached hydrogens (tertiary/aromatic N) is 2. The molecule has 0 saturated carbocycles. The molecule has 0 aromatic heterocycles. The fourth-order valence-electron chi connectivity index (χ4n) is 3.39. The van der Waals surface area contributed by atoms with Crippen molar-refractivity contribution in [2.24, 2.45) is 5.92 Å². The van der Waals surface area contributed by atoms with Gasteiger partial charge in [0, 0.05) is 30.6 Å². The van der Waals surface area contributed by atoms with E-state index in [1.807, 2.05) is 43.0 Å². The molecule has 5 nitrogen and oxygen atoms in total. The number of amides is 2. The molecule has 1 aliphatic heterocycles. The maximum absolute atomic E-state index is 12.4. The van der Waals surface area contributed by atoms with E-state index in [1.165, 1.54) is 0 Å². The zero-order valence-corrected chi connectivity index (χ0v) is 16.6. The summed E-state index contributed by atoms with van der Waals surface area (Å²) in [6.07, 6.45) is 2.48. The number of carbonyl (C=O) groups excluding carboxylic acids is 2. The Morgan fingerprint density at radius 3 is 2.35 bits per heavy atom. The molecule has 1 aromatic rings. The highest BCUT2D eigenvalue weighted by Crippen LogP contribution is 2.19. The van der Waals surface area contributed by atoms with Gasteiger partial charge in [-0.05, 0) is 63.9 Å². The molecular formula is C20H30ClN3O2. The van der Waals surface area contributed by atoms with Crippen LogP contribution in [0, 0.1) is 5.92 Å². The molecule has 0 spiro atoms. The van der Waals surface area contributed by atoms with Gasteiger partial charge >= 0.3 is 0 Å². The van der Waals surface area contributed by atoms with E-state index in [9.17, 15) is 9.59 Å². The minimum absolute atomic E-state index is 0.0486. The molecular weight excluding hydrogens is 350 g/mol. The molecule has 0 atom stereocenters. The van der Waals surface area contributed by atoms with Crippen LogP contribution in [0.25, 0.3) is 0 Å². The van der Waals surface area contributed by atoms with Crippen LogP contribution in [-0.4, -0.2) is 60.9 Å². The Morgan fingerprint density at radius 2 is 1.77 bits per heavy atom. The largest absolute Gasteiger partial charge is 0.355 e. The molecule has 1 fully saturated rings. The summed E-state index contributed by atoms with van der Waals surface area (Å²) in [7, 11) is 0. The van der Waals surface area contributed by atoms with Gasteiger partial charge in [0.1, 0.15) is 0 Å². The molecule has 2 amide bonds. The molecule has 26 heavy (non-hydrogen) atoms. The van der Waals surface area contributed by atoms with Crippen LogP contribution in [-0.2, 0) is 16.0 Å². The standard InChI is InChI=1S/C20H30ClN3O2/c1-3-24(4-2)20(26)17-10-13-23(14-11-17)15-19(25)22-12-9-16-5-7-18(21)8-6-16/h5-8,17H,3-4,9-15H2,1-2H3,(H,22,25). The first-order chi connectivity index (χ1) is 12.5. The summed E-state index contributed by atoms with van der Waals surface area (Å²) in [5.74, 6) is 0.425. The van der Waals surface area contributed by atoms with Crippen molar-refractivity contribution >= 4 is 23.4 Å². The van der Waals surface area contributed by atoms with Gasteiger partial charge in [0.05, 0.1) is 6.54 Å². The molecule has 144 valence electrons. The van der Waals surface area contributed by atoms with Gasteiger partial charge < -0.3 is 10.2 Å². The average Bonchev–Trinajstić information content (AvgIpc) is 2.65. The summed E-state index contributed by atoms with van der Waals surface area (Å²) in [6, 6.07) is 7.68. The Kier molecular flexibility index (Phi) is 8.39. The van der Waals surface area contributed by atoms with Crippen LogP contribution in [0.2, 0.25) is 5.02 Å². The van der Waals surface area contributed by atoms with E-state index >= 15 is 0 Å². The Labute approximate surface area is 161 Å². The zero-order valence-electron chi connectivity index (χ0n) is 15.8. The van der Waals surface area contributed by atoms with Crippen molar-refractivity contribution in [3.8, 4) is 0 Å². The van der Waals surface area contributed by atoms with E-state index in [4.69, 9.17) is 11.6 Å². The van der Waals surface area contributed by atoms with E-state index in [1.54, 1.807) is 0 Å². The monoisotopic (exact) mass is 379 g/mol. The van der Waals surface area contributed by atoms with Gasteiger partial charge in [0.25, 0.3) is 0 Å². The SMILES string of the molecule is CCN(CC)C(=O)C1CCN(CC(=O)NCCc2ccc(Cl)cc2)CC1. The normalized spacial score (nSPS) is 15.7. The predicted molar refractivity (Wildman–Crippen MR) is 105 cm³/mol. The van der Waals surface area contributed by atoms with Crippen LogP contribution in [0.3, 0.4) is 0 Å². The molecule has 1 N–H and O–H groups in total. The van der Waals surface area contributed by atoms with Crippen LogP contribution in [0.4, 0.5) is 0 Å². The minimum Gasteiger partial charge on any atom is -0.355 e. The topological polar surface area (TPSA) is 52.7 Å². The molecule has 1 aliphatic rings. The van der Waals surface area contributed by atoms with Crippen LogP contribution >= 0.6 is 11.6 Å². The first-order valence-corrected chi connectivity index (χ1v) is 9.93. The van der Waals surface area contributed by atoms with E-state index in [2.05, 4.69) is 10.2 Å². The second kappa shape index (κ2) is 10.5. The number of piperidine rings is 1. The number of nitrogens with one attached hydrogen (secondary N) is 1. The lowest BCUT2D eigenvalue weighted by atomic mass is 9.95. The molecule has 1 heterocycles. The predicted octanol–water partition coefficient (Wildman–Crippen LogP) is 2.58. The smallest absolute Gasteiger partial charge is 0.234 e. The van der Waals surface area contributed by atoms with E-state index in [0.29, 0.717) is 13.1 Å². The number of carbonyl (C=O) groups is 2. The summed E-state index contributed by atoms with van der Waals surface area (Å²) in [6.45, 7) is 8.22. The lowest BCUT2D eigenvalue weighted by molar-refractivity contribution is -0.136. The lowest BCUT2D eigenvalue weighted by Crippen LogP contribution is -2.45. The van der Waals surface area contributed by atoms with Crippen molar-refractivity contribution in [3.63, 3.8) is 0 Å². The number of rotatable bonds is 8. The number of hydrogen-bond donors (Lipinski definition) is 1. The quantitative estimate of drug-likeness (QED) is 0.755. The number of hydrogen-bond acceptors (Lipinski definition) is 3. The van der Waals surface area contributed by atoms with Crippen LogP contribution < -0.4 is 5.32 Å². The Hall–Kier alpha value is -1.59. The van der Waals surface area contributed by atoms with Crippen molar-refractivity contribution in [2.75, 3.05) is 39.3 Å². The van der Waals surface area contributed by atoms with Gasteiger partial charge in [-0.15, -0.1) is 0 Å². The third kappa shape index (κ3) is 6.29. The van der Waals surface area contributed by atoms with Crippen molar-refractivity contribution in [3.05, 3.63) is 34.9 Å². The van der Waals surface area contributed by atoms with Crippen molar-refractivity contribution < 1.29 is 9.59 Å². The lowest BCUT2D eigenvalue weighted by Gasteiger charge is -2.33. The van der Waals surface area contributed by atoms with Crippen molar-refractivity contribution in [1.29, 1.82) is 0 Å². The maximum atomic E-state index is 12.4. The van der Waals surface area contributed by atoms with Crippen LogP contribution in [0.5, 0.6) is 0 Å². The number of likely N-dealkylation sites (tertiary alicyclic amines) is 1. The van der Waals surface area contributed by atoms with E-state index in [0.717, 1.165) is 56.0 Å². The zero-order chi connectivity index (χ0) is 18.9.